The number of rotatable bonds is 4. The minimum atomic E-state index is -0.500. The van der Waals surface area contributed by atoms with Gasteiger partial charge in [0.05, 0.1) is 27.7 Å². The highest BCUT2D eigenvalue weighted by Gasteiger charge is 2.16. The van der Waals surface area contributed by atoms with Crippen molar-refractivity contribution >= 4 is 17.3 Å². The van der Waals surface area contributed by atoms with Gasteiger partial charge in [-0.1, -0.05) is 18.2 Å². The number of anilines is 1. The minimum absolute atomic E-state index is 0.0548. The first-order chi connectivity index (χ1) is 12.0. The van der Waals surface area contributed by atoms with Gasteiger partial charge in [-0.25, -0.2) is 4.68 Å². The van der Waals surface area contributed by atoms with E-state index in [4.69, 9.17) is 0 Å². The van der Waals surface area contributed by atoms with Crippen LogP contribution in [0.5, 0.6) is 0 Å². The molecule has 3 rings (SSSR count). The van der Waals surface area contributed by atoms with Crippen molar-refractivity contribution in [1.82, 2.24) is 9.78 Å². The van der Waals surface area contributed by atoms with Crippen LogP contribution >= 0.6 is 0 Å². The van der Waals surface area contributed by atoms with Crippen molar-refractivity contribution in [2.45, 2.75) is 13.8 Å². The Balaban J connectivity index is 1.87. The number of aryl methyl sites for hydroxylation is 1. The number of hydrogen-bond donors (Lipinski definition) is 1. The van der Waals surface area contributed by atoms with E-state index < -0.39 is 4.92 Å². The SMILES string of the molecule is Cc1nn(-c2ccccc2)c(C)c1NC(=O)c1ccc([N+](=O)[O-])cc1. The summed E-state index contributed by atoms with van der Waals surface area (Å²) >= 11 is 0. The molecule has 0 unspecified atom stereocenters. The summed E-state index contributed by atoms with van der Waals surface area (Å²) in [5, 5.41) is 18.0. The van der Waals surface area contributed by atoms with Crippen LogP contribution in [0, 0.1) is 24.0 Å². The van der Waals surface area contributed by atoms with Crippen molar-refractivity contribution in [2.24, 2.45) is 0 Å². The van der Waals surface area contributed by atoms with Gasteiger partial charge in [-0.3, -0.25) is 14.9 Å². The average molecular weight is 336 g/mol. The molecule has 7 heteroatoms. The highest BCUT2D eigenvalue weighted by molar-refractivity contribution is 6.05. The van der Waals surface area contributed by atoms with Crippen LogP contribution in [0.4, 0.5) is 11.4 Å². The summed E-state index contributed by atoms with van der Waals surface area (Å²) in [5.41, 5.74) is 3.32. The maximum Gasteiger partial charge on any atom is 0.269 e. The molecule has 0 radical (unpaired) electrons. The zero-order chi connectivity index (χ0) is 18.0. The summed E-state index contributed by atoms with van der Waals surface area (Å²) < 4.78 is 1.76. The molecule has 1 aromatic heterocycles. The molecule has 0 atom stereocenters. The molecule has 0 saturated heterocycles. The lowest BCUT2D eigenvalue weighted by atomic mass is 10.2. The van der Waals surface area contributed by atoms with E-state index in [1.165, 1.54) is 24.3 Å². The van der Waals surface area contributed by atoms with Crippen molar-refractivity contribution in [1.29, 1.82) is 0 Å². The molecule has 0 fully saturated rings. The topological polar surface area (TPSA) is 90.1 Å². The van der Waals surface area contributed by atoms with Gasteiger partial charge >= 0.3 is 0 Å². The van der Waals surface area contributed by atoms with E-state index in [0.717, 1.165) is 11.4 Å². The summed E-state index contributed by atoms with van der Waals surface area (Å²) in [4.78, 5) is 22.6. The van der Waals surface area contributed by atoms with Gasteiger partial charge in [0.15, 0.2) is 0 Å². The molecule has 0 saturated carbocycles. The van der Waals surface area contributed by atoms with Gasteiger partial charge in [-0.2, -0.15) is 5.10 Å². The molecular weight excluding hydrogens is 320 g/mol. The van der Waals surface area contributed by atoms with E-state index in [2.05, 4.69) is 10.4 Å². The Labute approximate surface area is 144 Å². The lowest BCUT2D eigenvalue weighted by Gasteiger charge is -2.07. The maximum atomic E-state index is 12.4. The molecule has 0 aliphatic carbocycles. The molecule has 0 aliphatic heterocycles. The first kappa shape index (κ1) is 16.4. The van der Waals surface area contributed by atoms with Crippen molar-refractivity contribution in [3.8, 4) is 5.69 Å². The van der Waals surface area contributed by atoms with E-state index in [0.29, 0.717) is 16.9 Å². The van der Waals surface area contributed by atoms with E-state index in [-0.39, 0.29) is 11.6 Å². The van der Waals surface area contributed by atoms with Crippen LogP contribution in [0.3, 0.4) is 0 Å². The van der Waals surface area contributed by atoms with Crippen LogP contribution in [0.1, 0.15) is 21.7 Å². The molecule has 0 bridgehead atoms. The summed E-state index contributed by atoms with van der Waals surface area (Å²) in [6.07, 6.45) is 0. The maximum absolute atomic E-state index is 12.4. The first-order valence-corrected chi connectivity index (χ1v) is 7.65. The minimum Gasteiger partial charge on any atom is -0.319 e. The third kappa shape index (κ3) is 3.25. The summed E-state index contributed by atoms with van der Waals surface area (Å²) in [5.74, 6) is -0.339. The van der Waals surface area contributed by atoms with Crippen LogP contribution in [0.25, 0.3) is 5.69 Å². The van der Waals surface area contributed by atoms with Crippen LogP contribution < -0.4 is 5.32 Å². The van der Waals surface area contributed by atoms with Crippen LogP contribution in [0.2, 0.25) is 0 Å². The largest absolute Gasteiger partial charge is 0.319 e. The van der Waals surface area contributed by atoms with Gasteiger partial charge in [0, 0.05) is 17.7 Å². The zero-order valence-electron chi connectivity index (χ0n) is 13.8. The fourth-order valence-corrected chi connectivity index (χ4v) is 2.56. The van der Waals surface area contributed by atoms with Gasteiger partial charge in [0.2, 0.25) is 0 Å². The fourth-order valence-electron chi connectivity index (χ4n) is 2.56. The molecule has 2 aromatic carbocycles. The van der Waals surface area contributed by atoms with Crippen molar-refractivity contribution < 1.29 is 9.72 Å². The number of nitro benzene ring substituents is 1. The Morgan fingerprint density at radius 1 is 1.08 bits per heavy atom. The third-order valence-corrected chi connectivity index (χ3v) is 3.87. The van der Waals surface area contributed by atoms with Gasteiger partial charge < -0.3 is 5.32 Å². The number of carbonyl (C=O) groups is 1. The van der Waals surface area contributed by atoms with Crippen LogP contribution in [-0.4, -0.2) is 20.6 Å². The Hall–Kier alpha value is -3.48. The number of carbonyl (C=O) groups excluding carboxylic acids is 1. The Kier molecular flexibility index (Phi) is 4.30. The molecule has 1 amide bonds. The number of aromatic nitrogens is 2. The monoisotopic (exact) mass is 336 g/mol. The molecule has 1 heterocycles. The van der Waals surface area contributed by atoms with Crippen molar-refractivity contribution in [2.75, 3.05) is 5.32 Å². The summed E-state index contributed by atoms with van der Waals surface area (Å²) in [6.45, 7) is 3.69. The molecule has 7 nitrogen and oxygen atoms in total. The van der Waals surface area contributed by atoms with Gasteiger partial charge in [-0.15, -0.1) is 0 Å². The number of para-hydroxylation sites is 1. The smallest absolute Gasteiger partial charge is 0.269 e. The number of non-ortho nitro benzene ring substituents is 1. The molecular formula is C18H16N4O3. The highest BCUT2D eigenvalue weighted by atomic mass is 16.6. The number of hydrogen-bond acceptors (Lipinski definition) is 4. The lowest BCUT2D eigenvalue weighted by molar-refractivity contribution is -0.384. The molecule has 3 aromatic rings. The lowest BCUT2D eigenvalue weighted by Crippen LogP contribution is -2.13. The summed E-state index contributed by atoms with van der Waals surface area (Å²) in [6, 6.07) is 15.1. The molecule has 25 heavy (non-hydrogen) atoms. The van der Waals surface area contributed by atoms with Gasteiger partial charge in [-0.05, 0) is 38.1 Å². The zero-order valence-corrected chi connectivity index (χ0v) is 13.8. The third-order valence-electron chi connectivity index (χ3n) is 3.87. The second-order valence-corrected chi connectivity index (χ2v) is 5.55. The molecule has 0 spiro atoms. The van der Waals surface area contributed by atoms with E-state index in [1.54, 1.807) is 4.68 Å². The van der Waals surface area contributed by atoms with Crippen molar-refractivity contribution in [3.63, 3.8) is 0 Å². The van der Waals surface area contributed by atoms with E-state index in [9.17, 15) is 14.9 Å². The van der Waals surface area contributed by atoms with E-state index >= 15 is 0 Å². The summed E-state index contributed by atoms with van der Waals surface area (Å²) in [7, 11) is 0. The predicted octanol–water partition coefficient (Wildman–Crippen LogP) is 3.65. The number of nitro groups is 1. The second-order valence-electron chi connectivity index (χ2n) is 5.55. The molecule has 1 N–H and O–H groups in total. The number of nitrogens with one attached hydrogen (secondary N) is 1. The normalized spacial score (nSPS) is 10.5. The highest BCUT2D eigenvalue weighted by Crippen LogP contribution is 2.23. The number of amides is 1. The van der Waals surface area contributed by atoms with Gasteiger partial charge in [0.25, 0.3) is 11.6 Å². The van der Waals surface area contributed by atoms with Crippen molar-refractivity contribution in [3.05, 3.63) is 81.7 Å². The Bertz CT molecular complexity index is 931. The second kappa shape index (κ2) is 6.56. The Morgan fingerprint density at radius 3 is 2.32 bits per heavy atom. The van der Waals surface area contributed by atoms with E-state index in [1.807, 2.05) is 44.2 Å². The predicted molar refractivity (Wildman–Crippen MR) is 94.1 cm³/mol. The first-order valence-electron chi connectivity index (χ1n) is 7.65. The Morgan fingerprint density at radius 2 is 1.72 bits per heavy atom. The average Bonchev–Trinajstić information content (AvgIpc) is 2.90. The quantitative estimate of drug-likeness (QED) is 0.581. The molecule has 126 valence electrons. The van der Waals surface area contributed by atoms with Crippen LogP contribution in [0.15, 0.2) is 54.6 Å². The number of benzene rings is 2. The van der Waals surface area contributed by atoms with Gasteiger partial charge in [0.1, 0.15) is 0 Å². The molecule has 0 aliphatic rings. The van der Waals surface area contributed by atoms with Crippen LogP contribution in [-0.2, 0) is 0 Å². The standard InChI is InChI=1S/C18H16N4O3/c1-12-17(13(2)21(20-12)15-6-4-3-5-7-15)19-18(23)14-8-10-16(11-9-14)22(24)25/h3-11H,1-2H3,(H,19,23). The number of nitrogens with zero attached hydrogens (tertiary/aromatic N) is 3. The fraction of sp³-hybridized carbons (Fsp3) is 0.111.